The van der Waals surface area contributed by atoms with Gasteiger partial charge in [-0.15, -0.1) is 0 Å². The quantitative estimate of drug-likeness (QED) is 0.376. The molecule has 37 heavy (non-hydrogen) atoms. The number of carboxylic acids is 1. The first-order valence-electron chi connectivity index (χ1n) is 10.9. The molecule has 1 unspecified atom stereocenters. The second-order valence-corrected chi connectivity index (χ2v) is 8.55. The summed E-state index contributed by atoms with van der Waals surface area (Å²) in [4.78, 5) is 33.0. The van der Waals surface area contributed by atoms with E-state index in [1.807, 2.05) is 0 Å². The Kier molecular flexibility index (Phi) is 7.39. The molecule has 0 fully saturated rings. The maximum absolute atomic E-state index is 13.6. The molecule has 0 saturated carbocycles. The van der Waals surface area contributed by atoms with E-state index in [0.717, 1.165) is 17.7 Å². The van der Waals surface area contributed by atoms with E-state index in [-0.39, 0.29) is 16.7 Å². The minimum atomic E-state index is -4.78. The van der Waals surface area contributed by atoms with Crippen molar-refractivity contribution in [2.75, 3.05) is 23.4 Å². The van der Waals surface area contributed by atoms with Crippen molar-refractivity contribution in [1.82, 2.24) is 9.97 Å². The average molecular weight is 537 g/mol. The maximum Gasteiger partial charge on any atom is 0.420 e. The Morgan fingerprint density at radius 2 is 1.97 bits per heavy atom. The van der Waals surface area contributed by atoms with E-state index in [1.54, 1.807) is 18.2 Å². The number of ether oxygens (including phenoxy) is 2. The van der Waals surface area contributed by atoms with E-state index in [2.05, 4.69) is 15.3 Å². The molecular weight excluding hydrogens is 517 g/mol. The number of aromatic nitrogens is 2. The number of amides is 2. The van der Waals surface area contributed by atoms with Gasteiger partial charge in [-0.1, -0.05) is 11.6 Å². The van der Waals surface area contributed by atoms with Crippen molar-refractivity contribution < 1.29 is 37.3 Å². The second-order valence-electron chi connectivity index (χ2n) is 8.16. The molecule has 1 aliphatic heterocycles. The fourth-order valence-electron chi connectivity index (χ4n) is 3.58. The van der Waals surface area contributed by atoms with E-state index >= 15 is 0 Å². The van der Waals surface area contributed by atoms with Gasteiger partial charge < -0.3 is 19.9 Å². The molecule has 0 radical (unpaired) electrons. The molecule has 0 bridgehead atoms. The summed E-state index contributed by atoms with van der Waals surface area (Å²) in [5.74, 6) is -2.00. The largest absolute Gasteiger partial charge is 0.492 e. The average Bonchev–Trinajstić information content (AvgIpc) is 3.25. The van der Waals surface area contributed by atoms with Crippen molar-refractivity contribution in [3.8, 4) is 17.4 Å². The number of carbonyl (C=O) groups excluding carboxylic acids is 1. The number of rotatable bonds is 7. The summed E-state index contributed by atoms with van der Waals surface area (Å²) in [7, 11) is 0. The maximum atomic E-state index is 13.6. The Hall–Kier alpha value is -4.06. The predicted molar refractivity (Wildman–Crippen MR) is 127 cm³/mol. The first-order chi connectivity index (χ1) is 17.5. The summed E-state index contributed by atoms with van der Waals surface area (Å²) in [6, 6.07) is 8.93. The van der Waals surface area contributed by atoms with Gasteiger partial charge in [-0.3, -0.25) is 9.69 Å². The lowest BCUT2D eigenvalue weighted by Gasteiger charge is -2.20. The van der Waals surface area contributed by atoms with Crippen molar-refractivity contribution in [3.63, 3.8) is 0 Å². The predicted octanol–water partition coefficient (Wildman–Crippen LogP) is 5.64. The number of hydrogen-bond donors (Lipinski definition) is 2. The standard InChI is InChI=1S/C24H20ClF3N4O5/c1-13(22(33)34)11-36-19-5-2-15(9-17(19)24(26,27)28)31-23(35)32-7-6-14-8-16(3-4-18(14)32)37-21-10-20(25)29-12-30-21/h2-5,8-10,12-13H,6-7,11H2,1H3,(H,31,35)(H,33,34). The molecule has 0 spiro atoms. The lowest BCUT2D eigenvalue weighted by molar-refractivity contribution is -0.142. The van der Waals surface area contributed by atoms with Gasteiger partial charge in [-0.25, -0.2) is 14.8 Å². The van der Waals surface area contributed by atoms with Gasteiger partial charge >= 0.3 is 18.2 Å². The Bertz CT molecular complexity index is 1340. The fraction of sp³-hybridized carbons (Fsp3) is 0.250. The number of urea groups is 1. The molecule has 2 aromatic carbocycles. The highest BCUT2D eigenvalue weighted by atomic mass is 35.5. The zero-order chi connectivity index (χ0) is 26.7. The minimum Gasteiger partial charge on any atom is -0.492 e. The molecule has 1 aromatic heterocycles. The number of halogens is 4. The van der Waals surface area contributed by atoms with Crippen molar-refractivity contribution >= 4 is 35.0 Å². The molecule has 2 heterocycles. The molecule has 2 N–H and O–H groups in total. The number of anilines is 2. The molecule has 1 aliphatic rings. The van der Waals surface area contributed by atoms with Crippen LogP contribution in [0.2, 0.25) is 5.15 Å². The Balaban J connectivity index is 1.47. The summed E-state index contributed by atoms with van der Waals surface area (Å²) in [5, 5.41) is 11.6. The first-order valence-corrected chi connectivity index (χ1v) is 11.3. The minimum absolute atomic E-state index is 0.0926. The van der Waals surface area contributed by atoms with Crippen molar-refractivity contribution in [2.45, 2.75) is 19.5 Å². The highest BCUT2D eigenvalue weighted by Crippen LogP contribution is 2.39. The molecule has 0 saturated heterocycles. The summed E-state index contributed by atoms with van der Waals surface area (Å²) < 4.78 is 51.6. The van der Waals surface area contributed by atoms with Crippen LogP contribution in [-0.2, 0) is 17.4 Å². The van der Waals surface area contributed by atoms with Crippen molar-refractivity contribution in [3.05, 3.63) is 65.1 Å². The summed E-state index contributed by atoms with van der Waals surface area (Å²) in [6.45, 7) is 1.19. The lowest BCUT2D eigenvalue weighted by Crippen LogP contribution is -2.33. The molecule has 0 aliphatic carbocycles. The molecule has 2 amide bonds. The van der Waals surface area contributed by atoms with Crippen LogP contribution in [0.5, 0.6) is 17.4 Å². The molecular formula is C24H20ClF3N4O5. The normalized spacial score (nSPS) is 13.6. The summed E-state index contributed by atoms with van der Waals surface area (Å²) in [5.41, 5.74) is 0.172. The van der Waals surface area contributed by atoms with Gasteiger partial charge in [0.1, 0.15) is 29.6 Å². The van der Waals surface area contributed by atoms with Gasteiger partial charge in [0.05, 0.1) is 11.5 Å². The number of carboxylic acid groups (broad SMARTS) is 1. The van der Waals surface area contributed by atoms with Crippen LogP contribution >= 0.6 is 11.6 Å². The number of nitrogens with one attached hydrogen (secondary N) is 1. The third-order valence-corrected chi connectivity index (χ3v) is 5.68. The van der Waals surface area contributed by atoms with E-state index in [9.17, 15) is 22.8 Å². The lowest BCUT2D eigenvalue weighted by atomic mass is 10.1. The number of benzene rings is 2. The number of hydrogen-bond acceptors (Lipinski definition) is 6. The number of aliphatic carboxylic acids is 1. The highest BCUT2D eigenvalue weighted by molar-refractivity contribution is 6.29. The molecule has 9 nitrogen and oxygen atoms in total. The van der Waals surface area contributed by atoms with E-state index in [0.29, 0.717) is 24.4 Å². The van der Waals surface area contributed by atoms with Crippen LogP contribution in [0.1, 0.15) is 18.1 Å². The van der Waals surface area contributed by atoms with Gasteiger partial charge in [0.25, 0.3) is 0 Å². The van der Waals surface area contributed by atoms with Gasteiger partial charge in [0.2, 0.25) is 5.88 Å². The zero-order valence-corrected chi connectivity index (χ0v) is 20.0. The Labute approximate surface area is 213 Å². The van der Waals surface area contributed by atoms with Gasteiger partial charge in [0.15, 0.2) is 0 Å². The van der Waals surface area contributed by atoms with Crippen molar-refractivity contribution in [1.29, 1.82) is 0 Å². The fourth-order valence-corrected chi connectivity index (χ4v) is 3.72. The number of fused-ring (bicyclic) bond motifs is 1. The zero-order valence-electron chi connectivity index (χ0n) is 19.3. The number of carbonyl (C=O) groups is 2. The van der Waals surface area contributed by atoms with Crippen molar-refractivity contribution in [2.24, 2.45) is 5.92 Å². The van der Waals surface area contributed by atoms with Crippen LogP contribution in [0.25, 0.3) is 0 Å². The Morgan fingerprint density at radius 3 is 2.68 bits per heavy atom. The van der Waals surface area contributed by atoms with Crippen LogP contribution in [0.15, 0.2) is 48.8 Å². The van der Waals surface area contributed by atoms with Crippen LogP contribution in [0.4, 0.5) is 29.3 Å². The molecule has 4 rings (SSSR count). The smallest absolute Gasteiger partial charge is 0.420 e. The van der Waals surface area contributed by atoms with Gasteiger partial charge in [-0.05, 0) is 55.3 Å². The first kappa shape index (κ1) is 26.0. The molecule has 1 atom stereocenters. The SMILES string of the molecule is CC(COc1ccc(NC(=O)N2CCc3cc(Oc4cc(Cl)ncn4)ccc32)cc1C(F)(F)F)C(=O)O. The van der Waals surface area contributed by atoms with Crippen LogP contribution in [0, 0.1) is 5.92 Å². The topological polar surface area (TPSA) is 114 Å². The number of alkyl halides is 3. The molecule has 3 aromatic rings. The van der Waals surface area contributed by atoms with E-state index < -0.39 is 42.0 Å². The van der Waals surface area contributed by atoms with E-state index in [1.165, 1.54) is 30.3 Å². The van der Waals surface area contributed by atoms with Crippen LogP contribution < -0.4 is 19.7 Å². The van der Waals surface area contributed by atoms with E-state index in [4.69, 9.17) is 26.2 Å². The highest BCUT2D eigenvalue weighted by Gasteiger charge is 2.35. The monoisotopic (exact) mass is 536 g/mol. The molecule has 194 valence electrons. The summed E-state index contributed by atoms with van der Waals surface area (Å²) in [6.07, 6.45) is -3.02. The van der Waals surface area contributed by atoms with Gasteiger partial charge in [-0.2, -0.15) is 13.2 Å². The Morgan fingerprint density at radius 1 is 1.19 bits per heavy atom. The van der Waals surface area contributed by atoms with Crippen LogP contribution in [0.3, 0.4) is 0 Å². The second kappa shape index (κ2) is 10.5. The third-order valence-electron chi connectivity index (χ3n) is 5.47. The third kappa shape index (κ3) is 6.20. The van der Waals surface area contributed by atoms with Crippen LogP contribution in [-0.4, -0.2) is 40.2 Å². The molecule has 13 heteroatoms. The summed E-state index contributed by atoms with van der Waals surface area (Å²) >= 11 is 5.84. The van der Waals surface area contributed by atoms with Gasteiger partial charge in [0, 0.05) is 24.0 Å². The number of nitrogens with zero attached hydrogens (tertiary/aromatic N) is 3.